The molecule has 0 aliphatic heterocycles. The number of hydrogen-bond donors (Lipinski definition) is 0. The van der Waals surface area contributed by atoms with Crippen LogP contribution in [0.5, 0.6) is 0 Å². The highest BCUT2D eigenvalue weighted by atomic mass is 31.2. The molecular weight excluding hydrogens is 321 g/mol. The molecule has 4 atom stereocenters. The molecule has 1 nitrogen and oxygen atoms in total. The van der Waals surface area contributed by atoms with Crippen molar-refractivity contribution in [3.8, 4) is 0 Å². The first kappa shape index (κ1) is 20.8. The van der Waals surface area contributed by atoms with Crippen molar-refractivity contribution >= 4 is 12.7 Å². The first-order valence-corrected chi connectivity index (χ1v) is 12.9. The zero-order chi connectivity index (χ0) is 19.1. The van der Waals surface area contributed by atoms with Gasteiger partial charge in [-0.15, -0.1) is 0 Å². The van der Waals surface area contributed by atoms with Crippen molar-refractivity contribution in [1.29, 1.82) is 0 Å². The van der Waals surface area contributed by atoms with Crippen LogP contribution in [0.1, 0.15) is 78.4 Å². The number of nitrogens with zero attached hydrogens (tertiary/aromatic N) is 1. The zero-order valence-electron chi connectivity index (χ0n) is 18.2. The molecule has 2 heteroatoms. The van der Waals surface area contributed by atoms with Crippen LogP contribution in [-0.4, -0.2) is 19.0 Å². The summed E-state index contributed by atoms with van der Waals surface area (Å²) in [5, 5.41) is 0. The highest BCUT2D eigenvalue weighted by Crippen LogP contribution is 2.62. The molecule has 1 aromatic carbocycles. The third-order valence-corrected chi connectivity index (χ3v) is 10.1. The lowest BCUT2D eigenvalue weighted by molar-refractivity contribution is 0.352. The minimum atomic E-state index is -1.41. The highest BCUT2D eigenvalue weighted by Gasteiger charge is 2.45. The molecule has 142 valence electrons. The molecule has 1 aliphatic carbocycles. The Kier molecular flexibility index (Phi) is 6.31. The summed E-state index contributed by atoms with van der Waals surface area (Å²) < 4.78 is 5.60. The van der Waals surface area contributed by atoms with Gasteiger partial charge in [-0.25, -0.2) is 0 Å². The van der Waals surface area contributed by atoms with E-state index in [0.29, 0.717) is 11.8 Å². The third-order valence-electron chi connectivity index (χ3n) is 7.00. The third kappa shape index (κ3) is 3.92. The fourth-order valence-electron chi connectivity index (χ4n) is 5.16. The van der Waals surface area contributed by atoms with Crippen LogP contribution in [0.25, 0.3) is 0 Å². The Balaban J connectivity index is 2.62. The normalized spacial score (nSPS) is 30.3. The second-order valence-corrected chi connectivity index (χ2v) is 13.4. The maximum absolute atomic E-state index is 5.60. The van der Waals surface area contributed by atoms with Gasteiger partial charge in [0.2, 0.25) is 0 Å². The summed E-state index contributed by atoms with van der Waals surface area (Å²) in [6.07, 6.45) is 0. The van der Waals surface area contributed by atoms with Crippen molar-refractivity contribution in [2.75, 3.05) is 13.3 Å². The molecule has 0 N–H and O–H groups in total. The zero-order valence-corrected chi connectivity index (χ0v) is 19.1. The predicted molar refractivity (Wildman–Crippen MR) is 116 cm³/mol. The Morgan fingerprint density at radius 2 is 1.16 bits per heavy atom. The Bertz CT molecular complexity index is 612. The van der Waals surface area contributed by atoms with Crippen molar-refractivity contribution < 1.29 is 0 Å². The van der Waals surface area contributed by atoms with Crippen LogP contribution in [0.3, 0.4) is 0 Å². The van der Waals surface area contributed by atoms with E-state index in [4.69, 9.17) is 4.74 Å². The standard InChI is InChI=1S/C23H40NP/c1-14(2)20-12-11-13-21(15(3)4)22(20)24-25(9,10)23-18(7)16(5)17(6)19(23)8/h11-19,23H,1-10H3. The van der Waals surface area contributed by atoms with Gasteiger partial charge in [-0.05, 0) is 72.7 Å². The molecule has 0 heterocycles. The van der Waals surface area contributed by atoms with E-state index in [0.717, 1.165) is 29.3 Å². The molecule has 0 bridgehead atoms. The van der Waals surface area contributed by atoms with Crippen molar-refractivity contribution in [1.82, 2.24) is 0 Å². The minimum Gasteiger partial charge on any atom is -0.267 e. The van der Waals surface area contributed by atoms with Gasteiger partial charge in [0.1, 0.15) is 0 Å². The first-order chi connectivity index (χ1) is 11.5. The maximum Gasteiger partial charge on any atom is 0.0682 e. The molecule has 0 saturated heterocycles. The summed E-state index contributed by atoms with van der Waals surface area (Å²) in [5.41, 5.74) is 4.92. The smallest absolute Gasteiger partial charge is 0.0682 e. The summed E-state index contributed by atoms with van der Waals surface area (Å²) in [4.78, 5) is 0. The van der Waals surface area contributed by atoms with E-state index in [-0.39, 0.29) is 0 Å². The lowest BCUT2D eigenvalue weighted by atomic mass is 9.92. The van der Waals surface area contributed by atoms with Crippen molar-refractivity contribution in [2.24, 2.45) is 28.4 Å². The largest absolute Gasteiger partial charge is 0.267 e. The van der Waals surface area contributed by atoms with Gasteiger partial charge in [-0.2, -0.15) is 0 Å². The summed E-state index contributed by atoms with van der Waals surface area (Å²) >= 11 is 0. The van der Waals surface area contributed by atoms with Gasteiger partial charge in [0.25, 0.3) is 0 Å². The van der Waals surface area contributed by atoms with E-state index in [1.165, 1.54) is 16.8 Å². The van der Waals surface area contributed by atoms with Gasteiger partial charge in [0.05, 0.1) is 5.69 Å². The molecule has 25 heavy (non-hydrogen) atoms. The molecule has 4 unspecified atom stereocenters. The van der Waals surface area contributed by atoms with Gasteiger partial charge in [0.15, 0.2) is 0 Å². The van der Waals surface area contributed by atoms with Crippen LogP contribution in [-0.2, 0) is 0 Å². The average molecular weight is 362 g/mol. The summed E-state index contributed by atoms with van der Waals surface area (Å²) in [6.45, 7) is 24.0. The van der Waals surface area contributed by atoms with E-state index >= 15 is 0 Å². The topological polar surface area (TPSA) is 12.4 Å². The van der Waals surface area contributed by atoms with Crippen LogP contribution in [0.2, 0.25) is 0 Å². The second kappa shape index (κ2) is 7.59. The first-order valence-electron chi connectivity index (χ1n) is 10.2. The fourth-order valence-corrected chi connectivity index (χ4v) is 8.89. The lowest BCUT2D eigenvalue weighted by Gasteiger charge is -2.32. The summed E-state index contributed by atoms with van der Waals surface area (Å²) in [5.74, 6) is 4.19. The molecule has 2 rings (SSSR count). The van der Waals surface area contributed by atoms with Gasteiger partial charge < -0.3 is 0 Å². The molecule has 0 spiro atoms. The average Bonchev–Trinajstić information content (AvgIpc) is 2.70. The quantitative estimate of drug-likeness (QED) is 0.482. The van der Waals surface area contributed by atoms with Crippen LogP contribution in [0.15, 0.2) is 22.9 Å². The predicted octanol–water partition coefficient (Wildman–Crippen LogP) is 7.95. The maximum atomic E-state index is 5.60. The second-order valence-electron chi connectivity index (χ2n) is 9.60. The number of benzene rings is 1. The molecule has 1 aromatic rings. The molecule has 0 radical (unpaired) electrons. The summed E-state index contributed by atoms with van der Waals surface area (Å²) in [6, 6.07) is 6.81. The monoisotopic (exact) mass is 361 g/mol. The van der Waals surface area contributed by atoms with Crippen molar-refractivity contribution in [2.45, 2.75) is 72.9 Å². The van der Waals surface area contributed by atoms with E-state index < -0.39 is 7.05 Å². The molecule has 0 aromatic heterocycles. The fraction of sp³-hybridized carbons (Fsp3) is 0.739. The van der Waals surface area contributed by atoms with Gasteiger partial charge in [0, 0.05) is 0 Å². The number of hydrogen-bond acceptors (Lipinski definition) is 1. The molecule has 1 saturated carbocycles. The van der Waals surface area contributed by atoms with Crippen LogP contribution < -0.4 is 0 Å². The van der Waals surface area contributed by atoms with Crippen LogP contribution >= 0.6 is 7.05 Å². The Hall–Kier alpha value is -0.550. The van der Waals surface area contributed by atoms with E-state index in [1.54, 1.807) is 0 Å². The van der Waals surface area contributed by atoms with Crippen molar-refractivity contribution in [3.63, 3.8) is 0 Å². The van der Waals surface area contributed by atoms with Crippen molar-refractivity contribution in [3.05, 3.63) is 29.3 Å². The minimum absolute atomic E-state index is 0.522. The van der Waals surface area contributed by atoms with Gasteiger partial charge in [-0.1, -0.05) is 73.6 Å². The van der Waals surface area contributed by atoms with E-state index in [9.17, 15) is 0 Å². The van der Waals surface area contributed by atoms with Gasteiger partial charge in [-0.3, -0.25) is 4.74 Å². The van der Waals surface area contributed by atoms with E-state index in [1.807, 2.05) is 0 Å². The molecule has 1 fully saturated rings. The summed E-state index contributed by atoms with van der Waals surface area (Å²) in [7, 11) is -1.41. The van der Waals surface area contributed by atoms with Crippen LogP contribution in [0, 0.1) is 23.7 Å². The van der Waals surface area contributed by atoms with Gasteiger partial charge >= 0.3 is 0 Å². The number of rotatable bonds is 4. The Morgan fingerprint density at radius 1 is 0.760 bits per heavy atom. The van der Waals surface area contributed by atoms with E-state index in [2.05, 4.69) is 86.9 Å². The van der Waals surface area contributed by atoms with Crippen LogP contribution in [0.4, 0.5) is 5.69 Å². The lowest BCUT2D eigenvalue weighted by Crippen LogP contribution is -2.19. The Morgan fingerprint density at radius 3 is 1.52 bits per heavy atom. The highest BCUT2D eigenvalue weighted by molar-refractivity contribution is 7.65. The molecule has 1 aliphatic rings. The molecular formula is C23H40NP. The Labute approximate surface area is 157 Å². The molecule has 0 amide bonds. The SMILES string of the molecule is CC(C)c1cccc(C(C)C)c1N=P(C)(C)C1C(C)C(C)C(C)C1C.